The van der Waals surface area contributed by atoms with E-state index in [-0.39, 0.29) is 30.6 Å². The first-order chi connectivity index (χ1) is 8.96. The molecule has 0 spiro atoms. The molecule has 3 atom stereocenters. The second kappa shape index (κ2) is 4.25. The Morgan fingerprint density at radius 2 is 2.26 bits per heavy atom. The molecule has 3 rings (SSSR count). The van der Waals surface area contributed by atoms with E-state index in [9.17, 15) is 13.6 Å². The number of alkyl halides is 2. The molecule has 0 radical (unpaired) electrons. The van der Waals surface area contributed by atoms with Crippen molar-refractivity contribution in [3.8, 4) is 0 Å². The van der Waals surface area contributed by atoms with E-state index < -0.39 is 17.8 Å². The van der Waals surface area contributed by atoms with Gasteiger partial charge in [-0.1, -0.05) is 5.16 Å². The number of rotatable bonds is 3. The Morgan fingerprint density at radius 1 is 1.47 bits per heavy atom. The van der Waals surface area contributed by atoms with E-state index in [1.54, 1.807) is 0 Å². The summed E-state index contributed by atoms with van der Waals surface area (Å²) in [5.74, 6) is -4.07. The third-order valence-corrected chi connectivity index (χ3v) is 3.89. The van der Waals surface area contributed by atoms with Crippen LogP contribution >= 0.6 is 0 Å². The summed E-state index contributed by atoms with van der Waals surface area (Å²) in [5.41, 5.74) is 0. The second-order valence-corrected chi connectivity index (χ2v) is 5.43. The molecule has 0 bridgehead atoms. The molecule has 2 aliphatic carbocycles. The normalized spacial score (nSPS) is 33.1. The van der Waals surface area contributed by atoms with Crippen LogP contribution in [0.25, 0.3) is 0 Å². The van der Waals surface area contributed by atoms with Crippen LogP contribution in [0.15, 0.2) is 4.52 Å². The van der Waals surface area contributed by atoms with Gasteiger partial charge in [-0.25, -0.2) is 8.78 Å². The summed E-state index contributed by atoms with van der Waals surface area (Å²) in [4.78, 5) is 14.9. The standard InChI is InChI=1S/C12H14F2N2O3/c13-12(14)3-1-2-6(5-12)9-15-10(19-16-9)7-4-8(7)11(17)18/h6-8H,1-5H2,(H,17,18). The van der Waals surface area contributed by atoms with E-state index in [1.807, 2.05) is 0 Å². The molecule has 3 unspecified atom stereocenters. The average molecular weight is 272 g/mol. The molecule has 2 aliphatic rings. The first-order valence-corrected chi connectivity index (χ1v) is 6.40. The van der Waals surface area contributed by atoms with Crippen LogP contribution in [0.2, 0.25) is 0 Å². The highest BCUT2D eigenvalue weighted by Crippen LogP contribution is 2.47. The molecule has 0 aromatic carbocycles. The fourth-order valence-electron chi connectivity index (χ4n) is 2.70. The molecular weight excluding hydrogens is 258 g/mol. The molecule has 19 heavy (non-hydrogen) atoms. The number of nitrogens with zero attached hydrogens (tertiary/aromatic N) is 2. The van der Waals surface area contributed by atoms with Crippen molar-refractivity contribution >= 4 is 5.97 Å². The van der Waals surface area contributed by atoms with Crippen molar-refractivity contribution in [1.29, 1.82) is 0 Å². The average Bonchev–Trinajstić information content (AvgIpc) is 2.98. The highest BCUT2D eigenvalue weighted by Gasteiger charge is 2.48. The van der Waals surface area contributed by atoms with Crippen LogP contribution in [0.1, 0.15) is 55.7 Å². The van der Waals surface area contributed by atoms with Gasteiger partial charge in [0.05, 0.1) is 11.8 Å². The first kappa shape index (κ1) is 12.5. The molecule has 2 saturated carbocycles. The largest absolute Gasteiger partial charge is 0.481 e. The van der Waals surface area contributed by atoms with Crippen molar-refractivity contribution in [1.82, 2.24) is 10.1 Å². The van der Waals surface area contributed by atoms with Crippen molar-refractivity contribution < 1.29 is 23.2 Å². The molecule has 7 heteroatoms. The quantitative estimate of drug-likeness (QED) is 0.915. The molecule has 1 aromatic rings. The molecule has 104 valence electrons. The minimum Gasteiger partial charge on any atom is -0.481 e. The number of carboxylic acids is 1. The van der Waals surface area contributed by atoms with Crippen molar-refractivity contribution in [2.45, 2.75) is 49.9 Å². The highest BCUT2D eigenvalue weighted by molar-refractivity contribution is 5.74. The van der Waals surface area contributed by atoms with E-state index in [1.165, 1.54) is 0 Å². The third-order valence-electron chi connectivity index (χ3n) is 3.89. The van der Waals surface area contributed by atoms with Gasteiger partial charge >= 0.3 is 5.97 Å². The van der Waals surface area contributed by atoms with Crippen molar-refractivity contribution in [3.63, 3.8) is 0 Å². The maximum atomic E-state index is 13.3. The van der Waals surface area contributed by atoms with E-state index in [0.717, 1.165) is 0 Å². The van der Waals surface area contributed by atoms with E-state index in [2.05, 4.69) is 10.1 Å². The zero-order chi connectivity index (χ0) is 13.6. The molecule has 2 fully saturated rings. The highest BCUT2D eigenvalue weighted by atomic mass is 19.3. The lowest BCUT2D eigenvalue weighted by atomic mass is 9.86. The summed E-state index contributed by atoms with van der Waals surface area (Å²) in [6.45, 7) is 0. The first-order valence-electron chi connectivity index (χ1n) is 6.40. The van der Waals surface area contributed by atoms with Gasteiger partial charge in [0.2, 0.25) is 11.8 Å². The Labute approximate surface area is 108 Å². The molecule has 0 amide bonds. The van der Waals surface area contributed by atoms with Gasteiger partial charge in [-0.3, -0.25) is 4.79 Å². The number of carboxylic acid groups (broad SMARTS) is 1. The smallest absolute Gasteiger partial charge is 0.307 e. The Morgan fingerprint density at radius 3 is 2.89 bits per heavy atom. The fourth-order valence-corrected chi connectivity index (χ4v) is 2.70. The van der Waals surface area contributed by atoms with Crippen LogP contribution in [0.4, 0.5) is 8.78 Å². The Hall–Kier alpha value is -1.53. The molecular formula is C12H14F2N2O3. The lowest BCUT2D eigenvalue weighted by Crippen LogP contribution is -2.25. The Balaban J connectivity index is 1.70. The lowest BCUT2D eigenvalue weighted by Gasteiger charge is -2.26. The van der Waals surface area contributed by atoms with Gasteiger partial charge in [0, 0.05) is 18.8 Å². The Kier molecular flexibility index (Phi) is 2.79. The number of hydrogen-bond donors (Lipinski definition) is 1. The predicted molar refractivity (Wildman–Crippen MR) is 58.9 cm³/mol. The maximum Gasteiger partial charge on any atom is 0.307 e. The summed E-state index contributed by atoms with van der Waals surface area (Å²) in [7, 11) is 0. The zero-order valence-corrected chi connectivity index (χ0v) is 10.2. The molecule has 1 N–H and O–H groups in total. The molecule has 0 saturated heterocycles. The van der Waals surface area contributed by atoms with Crippen LogP contribution in [-0.2, 0) is 4.79 Å². The third kappa shape index (κ3) is 2.46. The zero-order valence-electron chi connectivity index (χ0n) is 10.2. The predicted octanol–water partition coefficient (Wildman–Crippen LogP) is 2.55. The minimum absolute atomic E-state index is 0.0854. The van der Waals surface area contributed by atoms with Gasteiger partial charge in [-0.15, -0.1) is 0 Å². The van der Waals surface area contributed by atoms with Gasteiger partial charge < -0.3 is 9.63 Å². The summed E-state index contributed by atoms with van der Waals surface area (Å²) in [6.07, 6.45) is 1.22. The van der Waals surface area contributed by atoms with E-state index in [0.29, 0.717) is 25.1 Å². The summed E-state index contributed by atoms with van der Waals surface area (Å²) in [6, 6.07) is 0. The van der Waals surface area contributed by atoms with Crippen LogP contribution in [0.5, 0.6) is 0 Å². The molecule has 5 nitrogen and oxygen atoms in total. The number of halogens is 2. The molecule has 0 aliphatic heterocycles. The van der Waals surface area contributed by atoms with Gasteiger partial charge in [0.25, 0.3) is 0 Å². The van der Waals surface area contributed by atoms with Gasteiger partial charge in [0.15, 0.2) is 5.82 Å². The lowest BCUT2D eigenvalue weighted by molar-refractivity contribution is -0.138. The van der Waals surface area contributed by atoms with Crippen LogP contribution in [-0.4, -0.2) is 27.1 Å². The van der Waals surface area contributed by atoms with Crippen molar-refractivity contribution in [2.24, 2.45) is 5.92 Å². The van der Waals surface area contributed by atoms with Crippen LogP contribution in [0.3, 0.4) is 0 Å². The second-order valence-electron chi connectivity index (χ2n) is 5.43. The van der Waals surface area contributed by atoms with Crippen LogP contribution in [0, 0.1) is 5.92 Å². The summed E-state index contributed by atoms with van der Waals surface area (Å²) in [5, 5.41) is 12.6. The maximum absolute atomic E-state index is 13.3. The monoisotopic (exact) mass is 272 g/mol. The van der Waals surface area contributed by atoms with Gasteiger partial charge in [-0.05, 0) is 19.3 Å². The fraction of sp³-hybridized carbons (Fsp3) is 0.750. The van der Waals surface area contributed by atoms with E-state index >= 15 is 0 Å². The minimum atomic E-state index is -2.66. The summed E-state index contributed by atoms with van der Waals surface area (Å²) < 4.78 is 31.7. The van der Waals surface area contributed by atoms with Gasteiger partial charge in [0.1, 0.15) is 0 Å². The Bertz CT molecular complexity index is 503. The number of aromatic nitrogens is 2. The van der Waals surface area contributed by atoms with Gasteiger partial charge in [-0.2, -0.15) is 4.98 Å². The number of aliphatic carboxylic acids is 1. The van der Waals surface area contributed by atoms with Crippen molar-refractivity contribution in [3.05, 3.63) is 11.7 Å². The number of carbonyl (C=O) groups is 1. The van der Waals surface area contributed by atoms with Crippen molar-refractivity contribution in [2.75, 3.05) is 0 Å². The SMILES string of the molecule is O=C(O)C1CC1c1nc(C2CCCC(F)(F)C2)no1. The summed E-state index contributed by atoms with van der Waals surface area (Å²) >= 11 is 0. The number of hydrogen-bond acceptors (Lipinski definition) is 4. The molecule has 1 aromatic heterocycles. The van der Waals surface area contributed by atoms with Crippen LogP contribution < -0.4 is 0 Å². The van der Waals surface area contributed by atoms with E-state index in [4.69, 9.17) is 9.63 Å². The molecule has 1 heterocycles. The topological polar surface area (TPSA) is 76.2 Å².